The number of nitrogens with zero attached hydrogens (tertiary/aromatic N) is 2. The number of H-pyrrole nitrogens is 1. The van der Waals surface area contributed by atoms with E-state index in [2.05, 4.69) is 34.0 Å². The molecule has 1 aromatic heterocycles. The molecule has 6 heteroatoms. The fraction of sp³-hybridized carbons (Fsp3) is 0.581. The van der Waals surface area contributed by atoms with Crippen molar-refractivity contribution >= 4 is 11.0 Å². The molecule has 4 rings (SSSR count). The zero-order valence-electron chi connectivity index (χ0n) is 23.0. The van der Waals surface area contributed by atoms with Gasteiger partial charge >= 0.3 is 0 Å². The van der Waals surface area contributed by atoms with Gasteiger partial charge in [-0.3, -0.25) is 0 Å². The number of benzene rings is 2. The third-order valence-electron chi connectivity index (χ3n) is 8.49. The van der Waals surface area contributed by atoms with Gasteiger partial charge in [0.1, 0.15) is 22.8 Å². The molecule has 0 fully saturated rings. The number of rotatable bonds is 13. The number of methoxy groups -OCH3 is 1. The number of fused-ring (bicyclic) bond motifs is 2. The first-order valence-corrected chi connectivity index (χ1v) is 14.0. The quantitative estimate of drug-likeness (QED) is 0.262. The van der Waals surface area contributed by atoms with Gasteiger partial charge in [-0.2, -0.15) is 0 Å². The van der Waals surface area contributed by atoms with Gasteiger partial charge in [-0.05, 0) is 87.0 Å². The van der Waals surface area contributed by atoms with Gasteiger partial charge in [0.2, 0.25) is 0 Å². The number of aromatic amines is 1. The van der Waals surface area contributed by atoms with Gasteiger partial charge in [-0.1, -0.05) is 51.3 Å². The van der Waals surface area contributed by atoms with Gasteiger partial charge in [0.25, 0.3) is 0 Å². The standard InChI is InChI=1S/C31H44FN3O2/c1-23(2)31(36)26-16-15-25(32)22-24(26)17-18-30(31,37-4)19-21-35(3)20-11-7-5-6-8-14-29-33-27-12-9-10-13-28(27)34-29/h9-10,12-13,15-16,22-23,36H,5-8,11,14,17-21H2,1-4H3,(H,33,34). The van der Waals surface area contributed by atoms with Gasteiger partial charge in [0.15, 0.2) is 0 Å². The van der Waals surface area contributed by atoms with Gasteiger partial charge in [0.05, 0.1) is 11.0 Å². The summed E-state index contributed by atoms with van der Waals surface area (Å²) < 4.78 is 20.0. The van der Waals surface area contributed by atoms with Gasteiger partial charge < -0.3 is 19.7 Å². The largest absolute Gasteiger partial charge is 0.382 e. The molecule has 0 radical (unpaired) electrons. The summed E-state index contributed by atoms with van der Waals surface area (Å²) in [4.78, 5) is 10.4. The van der Waals surface area contributed by atoms with Crippen molar-refractivity contribution in [2.45, 2.75) is 82.8 Å². The SMILES string of the molecule is COC1(CCN(C)CCCCCCCc2nc3ccccc3[nH]2)CCc2cc(F)ccc2C1(O)C(C)C. The van der Waals surface area contributed by atoms with Crippen LogP contribution in [0, 0.1) is 11.7 Å². The number of hydrogen-bond donors (Lipinski definition) is 2. The number of unbranched alkanes of at least 4 members (excludes halogenated alkanes) is 4. The van der Waals surface area contributed by atoms with Gasteiger partial charge in [-0.15, -0.1) is 0 Å². The van der Waals surface area contributed by atoms with E-state index in [9.17, 15) is 9.50 Å². The minimum absolute atomic E-state index is 0.0539. The maximum atomic E-state index is 13.9. The van der Waals surface area contributed by atoms with Crippen molar-refractivity contribution in [1.82, 2.24) is 14.9 Å². The van der Waals surface area contributed by atoms with E-state index in [1.54, 1.807) is 19.2 Å². The van der Waals surface area contributed by atoms with Crippen molar-refractivity contribution in [3.8, 4) is 0 Å². The van der Waals surface area contributed by atoms with Crippen LogP contribution in [0.25, 0.3) is 11.0 Å². The average Bonchev–Trinajstić information content (AvgIpc) is 3.30. The minimum atomic E-state index is -1.15. The summed E-state index contributed by atoms with van der Waals surface area (Å²) in [7, 11) is 3.87. The smallest absolute Gasteiger partial charge is 0.123 e. The highest BCUT2D eigenvalue weighted by Crippen LogP contribution is 2.50. The molecule has 3 aromatic rings. The highest BCUT2D eigenvalue weighted by Gasteiger charge is 2.56. The molecular formula is C31H44FN3O2. The van der Waals surface area contributed by atoms with Crippen molar-refractivity contribution < 1.29 is 14.2 Å². The Bertz CT molecular complexity index is 1130. The number of halogens is 1. The molecule has 2 aromatic carbocycles. The van der Waals surface area contributed by atoms with Crippen LogP contribution < -0.4 is 0 Å². The fourth-order valence-electron chi connectivity index (χ4n) is 6.24. The molecule has 0 spiro atoms. The summed E-state index contributed by atoms with van der Waals surface area (Å²) in [6, 6.07) is 13.0. The predicted octanol–water partition coefficient (Wildman–Crippen LogP) is 6.39. The lowest BCUT2D eigenvalue weighted by atomic mass is 9.62. The summed E-state index contributed by atoms with van der Waals surface area (Å²) >= 11 is 0. The molecule has 0 amide bonds. The van der Waals surface area contributed by atoms with Gasteiger partial charge in [0, 0.05) is 20.1 Å². The lowest BCUT2D eigenvalue weighted by Crippen LogP contribution is -2.59. The molecule has 1 aliphatic carbocycles. The molecule has 202 valence electrons. The summed E-state index contributed by atoms with van der Waals surface area (Å²) in [6.45, 7) is 5.95. The first-order valence-electron chi connectivity index (χ1n) is 14.0. The molecule has 0 saturated carbocycles. The van der Waals surface area contributed by atoms with Crippen LogP contribution in [0.1, 0.15) is 75.7 Å². The second-order valence-electron chi connectivity index (χ2n) is 11.2. The fourth-order valence-corrected chi connectivity index (χ4v) is 6.24. The average molecular weight is 510 g/mol. The summed E-state index contributed by atoms with van der Waals surface area (Å²) in [5, 5.41) is 12.1. The molecule has 1 heterocycles. The van der Waals surface area contributed by atoms with Crippen LogP contribution in [0.3, 0.4) is 0 Å². The van der Waals surface area contributed by atoms with E-state index in [0.29, 0.717) is 12.8 Å². The first kappa shape index (κ1) is 27.7. The van der Waals surface area contributed by atoms with E-state index in [0.717, 1.165) is 66.8 Å². The number of para-hydroxylation sites is 2. The molecule has 0 aliphatic heterocycles. The first-order chi connectivity index (χ1) is 17.8. The van der Waals surface area contributed by atoms with E-state index < -0.39 is 11.2 Å². The lowest BCUT2D eigenvalue weighted by molar-refractivity contribution is -0.212. The molecule has 5 nitrogen and oxygen atoms in total. The van der Waals surface area contributed by atoms with E-state index in [4.69, 9.17) is 4.74 Å². The highest BCUT2D eigenvalue weighted by molar-refractivity contribution is 5.74. The molecule has 2 N–H and O–H groups in total. The summed E-state index contributed by atoms with van der Waals surface area (Å²) in [5.74, 6) is 0.788. The molecular weight excluding hydrogens is 465 g/mol. The van der Waals surface area contributed by atoms with Crippen LogP contribution in [0.5, 0.6) is 0 Å². The van der Waals surface area contributed by atoms with Crippen molar-refractivity contribution in [2.24, 2.45) is 5.92 Å². The lowest BCUT2D eigenvalue weighted by Gasteiger charge is -2.53. The Kier molecular flexibility index (Phi) is 9.04. The van der Waals surface area contributed by atoms with Gasteiger partial charge in [-0.25, -0.2) is 9.37 Å². The number of nitrogens with one attached hydrogen (secondary N) is 1. The molecule has 0 saturated heterocycles. The normalized spacial score (nSPS) is 21.7. The number of aryl methyl sites for hydroxylation is 2. The predicted molar refractivity (Wildman–Crippen MR) is 148 cm³/mol. The summed E-state index contributed by atoms with van der Waals surface area (Å²) in [5.41, 5.74) is 2.06. The maximum absolute atomic E-state index is 13.9. The Morgan fingerprint density at radius 3 is 2.59 bits per heavy atom. The topological polar surface area (TPSA) is 61.4 Å². The van der Waals surface area contributed by atoms with Crippen molar-refractivity contribution in [2.75, 3.05) is 27.2 Å². The Morgan fingerprint density at radius 1 is 1.08 bits per heavy atom. The van der Waals surface area contributed by atoms with Crippen molar-refractivity contribution in [3.63, 3.8) is 0 Å². The number of aliphatic hydroxyl groups is 1. The van der Waals surface area contributed by atoms with E-state index in [1.807, 2.05) is 26.0 Å². The zero-order valence-corrected chi connectivity index (χ0v) is 23.0. The number of imidazole rings is 1. The van der Waals surface area contributed by atoms with Crippen LogP contribution in [0.2, 0.25) is 0 Å². The van der Waals surface area contributed by atoms with Crippen molar-refractivity contribution in [1.29, 1.82) is 0 Å². The molecule has 2 unspecified atom stereocenters. The Morgan fingerprint density at radius 2 is 1.84 bits per heavy atom. The second-order valence-corrected chi connectivity index (χ2v) is 11.2. The van der Waals surface area contributed by atoms with E-state index in [-0.39, 0.29) is 11.7 Å². The van der Waals surface area contributed by atoms with Crippen molar-refractivity contribution in [3.05, 3.63) is 65.2 Å². The number of ether oxygens (including phenoxy) is 1. The number of hydrogen-bond acceptors (Lipinski definition) is 4. The maximum Gasteiger partial charge on any atom is 0.123 e. The Labute approximate surface area is 221 Å². The highest BCUT2D eigenvalue weighted by atomic mass is 19.1. The van der Waals surface area contributed by atoms with Crippen LogP contribution in [0.4, 0.5) is 4.39 Å². The Hall–Kier alpha value is -2.28. The van der Waals surface area contributed by atoms with Crippen LogP contribution >= 0.6 is 0 Å². The van der Waals surface area contributed by atoms with Crippen LogP contribution in [0.15, 0.2) is 42.5 Å². The third kappa shape index (κ3) is 5.92. The third-order valence-corrected chi connectivity index (χ3v) is 8.49. The van der Waals surface area contributed by atoms with Crippen LogP contribution in [-0.4, -0.2) is 52.8 Å². The van der Waals surface area contributed by atoms with Crippen LogP contribution in [-0.2, 0) is 23.2 Å². The Balaban J connectivity index is 1.21. The molecule has 37 heavy (non-hydrogen) atoms. The van der Waals surface area contributed by atoms with E-state index in [1.165, 1.54) is 25.3 Å². The number of aromatic nitrogens is 2. The van der Waals surface area contributed by atoms with E-state index >= 15 is 0 Å². The second kappa shape index (κ2) is 12.1. The monoisotopic (exact) mass is 509 g/mol. The summed E-state index contributed by atoms with van der Waals surface area (Å²) in [6.07, 6.45) is 9.13. The zero-order chi connectivity index (χ0) is 26.5. The molecule has 2 atom stereocenters. The minimum Gasteiger partial charge on any atom is -0.382 e. The molecule has 1 aliphatic rings. The molecule has 0 bridgehead atoms.